The van der Waals surface area contributed by atoms with Crippen LogP contribution in [0.25, 0.3) is 0 Å². The third-order valence-corrected chi connectivity index (χ3v) is 1.97. The van der Waals surface area contributed by atoms with Crippen molar-refractivity contribution in [3.63, 3.8) is 0 Å². The average molecular weight is 209 g/mol. The number of thiocarbonyl (C=S) groups is 1. The van der Waals surface area contributed by atoms with Gasteiger partial charge in [0, 0.05) is 18.3 Å². The summed E-state index contributed by atoms with van der Waals surface area (Å²) in [7, 11) is 0. The minimum Gasteiger partial charge on any atom is -0.389 e. The highest BCUT2D eigenvalue weighted by Crippen LogP contribution is 2.07. The van der Waals surface area contributed by atoms with Crippen LogP contribution >= 0.6 is 12.2 Å². The lowest BCUT2D eigenvalue weighted by Crippen LogP contribution is -2.12. The molecule has 4 heteroatoms. The smallest absolute Gasteiger partial charge is 0.126 e. The fraction of sp³-hybridized carbons (Fsp3) is 0.400. The van der Waals surface area contributed by atoms with E-state index in [1.54, 1.807) is 6.20 Å². The van der Waals surface area contributed by atoms with E-state index in [0.29, 0.717) is 10.9 Å². The van der Waals surface area contributed by atoms with Crippen LogP contribution in [0, 0.1) is 5.92 Å². The Hall–Kier alpha value is -1.16. The molecule has 1 aromatic heterocycles. The number of pyridine rings is 1. The van der Waals surface area contributed by atoms with Crippen molar-refractivity contribution in [3.8, 4) is 0 Å². The molecule has 0 aliphatic heterocycles. The van der Waals surface area contributed by atoms with Crippen LogP contribution in [0.15, 0.2) is 18.3 Å². The van der Waals surface area contributed by atoms with Crippen LogP contribution in [0.2, 0.25) is 0 Å². The van der Waals surface area contributed by atoms with Crippen LogP contribution in [0.1, 0.15) is 19.4 Å². The van der Waals surface area contributed by atoms with Gasteiger partial charge in [0.1, 0.15) is 10.8 Å². The second-order valence-corrected chi connectivity index (χ2v) is 4.01. The molecule has 0 saturated heterocycles. The second-order valence-electron chi connectivity index (χ2n) is 3.57. The van der Waals surface area contributed by atoms with E-state index in [1.807, 2.05) is 12.1 Å². The minimum absolute atomic E-state index is 0.403. The molecule has 0 atom stereocenters. The molecule has 0 aliphatic rings. The lowest BCUT2D eigenvalue weighted by atomic mass is 10.2. The molecule has 1 heterocycles. The summed E-state index contributed by atoms with van der Waals surface area (Å²) >= 11 is 4.88. The number of rotatable bonds is 4. The van der Waals surface area contributed by atoms with Crippen LogP contribution in [0.5, 0.6) is 0 Å². The molecule has 0 unspecified atom stereocenters. The Balaban J connectivity index is 2.69. The van der Waals surface area contributed by atoms with Gasteiger partial charge in [0.15, 0.2) is 0 Å². The largest absolute Gasteiger partial charge is 0.389 e. The van der Waals surface area contributed by atoms with Crippen molar-refractivity contribution < 1.29 is 0 Å². The predicted molar refractivity (Wildman–Crippen MR) is 63.5 cm³/mol. The molecule has 0 spiro atoms. The van der Waals surface area contributed by atoms with Gasteiger partial charge in [-0.05, 0) is 18.1 Å². The van der Waals surface area contributed by atoms with E-state index in [4.69, 9.17) is 18.0 Å². The summed E-state index contributed by atoms with van der Waals surface area (Å²) in [6, 6.07) is 3.67. The van der Waals surface area contributed by atoms with E-state index in [0.717, 1.165) is 17.9 Å². The third-order valence-electron chi connectivity index (χ3n) is 1.74. The maximum absolute atomic E-state index is 5.51. The van der Waals surface area contributed by atoms with E-state index in [-0.39, 0.29) is 0 Å². The first-order valence-corrected chi connectivity index (χ1v) is 5.00. The zero-order valence-electron chi connectivity index (χ0n) is 8.45. The van der Waals surface area contributed by atoms with Crippen LogP contribution in [0.3, 0.4) is 0 Å². The molecule has 0 aromatic carbocycles. The molecule has 1 aromatic rings. The Labute approximate surface area is 89.7 Å². The summed E-state index contributed by atoms with van der Waals surface area (Å²) in [5.41, 5.74) is 6.36. The summed E-state index contributed by atoms with van der Waals surface area (Å²) in [4.78, 5) is 4.57. The number of nitrogens with one attached hydrogen (secondary N) is 1. The highest BCUT2D eigenvalue weighted by atomic mass is 32.1. The molecule has 0 radical (unpaired) electrons. The average Bonchev–Trinajstić information content (AvgIpc) is 2.15. The van der Waals surface area contributed by atoms with Crippen LogP contribution in [0.4, 0.5) is 5.82 Å². The van der Waals surface area contributed by atoms with Crippen molar-refractivity contribution in [3.05, 3.63) is 23.9 Å². The first kappa shape index (κ1) is 10.9. The maximum Gasteiger partial charge on any atom is 0.126 e. The lowest BCUT2D eigenvalue weighted by Gasteiger charge is -2.08. The highest BCUT2D eigenvalue weighted by molar-refractivity contribution is 7.80. The Kier molecular flexibility index (Phi) is 3.83. The van der Waals surface area contributed by atoms with Gasteiger partial charge >= 0.3 is 0 Å². The summed E-state index contributed by atoms with van der Waals surface area (Å²) < 4.78 is 0. The monoisotopic (exact) mass is 209 g/mol. The maximum atomic E-state index is 5.51. The topological polar surface area (TPSA) is 50.9 Å². The van der Waals surface area contributed by atoms with Crippen molar-refractivity contribution in [1.82, 2.24) is 4.98 Å². The molecule has 76 valence electrons. The number of nitrogens with zero attached hydrogens (tertiary/aromatic N) is 1. The second kappa shape index (κ2) is 4.91. The van der Waals surface area contributed by atoms with Crippen LogP contribution in [-0.4, -0.2) is 16.5 Å². The number of nitrogens with two attached hydrogens (primary N) is 1. The Morgan fingerprint density at radius 3 is 2.93 bits per heavy atom. The van der Waals surface area contributed by atoms with Crippen molar-refractivity contribution in [2.75, 3.05) is 11.9 Å². The SMILES string of the molecule is CC(C)CNc1cc(C(N)=S)ccn1. The van der Waals surface area contributed by atoms with Gasteiger partial charge in [-0.15, -0.1) is 0 Å². The van der Waals surface area contributed by atoms with E-state index < -0.39 is 0 Å². The van der Waals surface area contributed by atoms with Gasteiger partial charge in [-0.2, -0.15) is 0 Å². The first-order valence-electron chi connectivity index (χ1n) is 4.59. The van der Waals surface area contributed by atoms with Crippen LogP contribution < -0.4 is 11.1 Å². The number of hydrogen-bond acceptors (Lipinski definition) is 3. The zero-order valence-corrected chi connectivity index (χ0v) is 9.27. The van der Waals surface area contributed by atoms with Gasteiger partial charge in [-0.3, -0.25) is 0 Å². The van der Waals surface area contributed by atoms with Crippen molar-refractivity contribution in [1.29, 1.82) is 0 Å². The van der Waals surface area contributed by atoms with Gasteiger partial charge in [-0.25, -0.2) is 4.98 Å². The molecule has 0 bridgehead atoms. The normalized spacial score (nSPS) is 10.2. The quantitative estimate of drug-likeness (QED) is 0.742. The Bertz CT molecular complexity index is 323. The molecule has 3 nitrogen and oxygen atoms in total. The van der Waals surface area contributed by atoms with E-state index in [2.05, 4.69) is 24.1 Å². The zero-order chi connectivity index (χ0) is 10.6. The molecular weight excluding hydrogens is 194 g/mol. The third kappa shape index (κ3) is 3.30. The first-order chi connectivity index (χ1) is 6.59. The highest BCUT2D eigenvalue weighted by Gasteiger charge is 1.99. The molecule has 0 aliphatic carbocycles. The Morgan fingerprint density at radius 1 is 1.64 bits per heavy atom. The standard InChI is InChI=1S/C10H15N3S/c1-7(2)6-13-9-5-8(10(11)14)3-4-12-9/h3-5,7H,6H2,1-2H3,(H2,11,14)(H,12,13). The molecule has 0 amide bonds. The fourth-order valence-electron chi connectivity index (χ4n) is 0.989. The van der Waals surface area contributed by atoms with Gasteiger partial charge in [0.2, 0.25) is 0 Å². The van der Waals surface area contributed by atoms with Gasteiger partial charge in [0.25, 0.3) is 0 Å². The predicted octanol–water partition coefficient (Wildman–Crippen LogP) is 1.78. The lowest BCUT2D eigenvalue weighted by molar-refractivity contribution is 0.687. The number of hydrogen-bond donors (Lipinski definition) is 2. The molecular formula is C10H15N3S. The number of anilines is 1. The van der Waals surface area contributed by atoms with Crippen molar-refractivity contribution >= 4 is 23.0 Å². The van der Waals surface area contributed by atoms with Gasteiger partial charge in [0.05, 0.1) is 0 Å². The summed E-state index contributed by atoms with van der Waals surface area (Å²) in [6.07, 6.45) is 1.71. The Morgan fingerprint density at radius 2 is 2.36 bits per heavy atom. The minimum atomic E-state index is 0.403. The van der Waals surface area contributed by atoms with Crippen LogP contribution in [-0.2, 0) is 0 Å². The number of aromatic nitrogens is 1. The molecule has 1 rings (SSSR count). The fourth-order valence-corrected chi connectivity index (χ4v) is 1.12. The van der Waals surface area contributed by atoms with Gasteiger partial charge < -0.3 is 11.1 Å². The van der Waals surface area contributed by atoms with Crippen molar-refractivity contribution in [2.45, 2.75) is 13.8 Å². The summed E-state index contributed by atoms with van der Waals surface area (Å²) in [5, 5.41) is 3.21. The summed E-state index contributed by atoms with van der Waals surface area (Å²) in [6.45, 7) is 5.18. The van der Waals surface area contributed by atoms with E-state index in [1.165, 1.54) is 0 Å². The van der Waals surface area contributed by atoms with E-state index >= 15 is 0 Å². The molecule has 3 N–H and O–H groups in total. The van der Waals surface area contributed by atoms with E-state index in [9.17, 15) is 0 Å². The summed E-state index contributed by atoms with van der Waals surface area (Å²) in [5.74, 6) is 1.41. The molecule has 0 saturated carbocycles. The van der Waals surface area contributed by atoms with Gasteiger partial charge in [-0.1, -0.05) is 26.1 Å². The van der Waals surface area contributed by atoms with Crippen molar-refractivity contribution in [2.24, 2.45) is 11.7 Å². The molecule has 0 fully saturated rings. The molecule has 14 heavy (non-hydrogen) atoms.